The molecule has 1 aliphatic heterocycles. The fourth-order valence-corrected chi connectivity index (χ4v) is 1.69. The molecule has 0 amide bonds. The molecule has 0 aromatic heterocycles. The van der Waals surface area contributed by atoms with Gasteiger partial charge < -0.3 is 4.74 Å². The van der Waals surface area contributed by atoms with Gasteiger partial charge in [0.05, 0.1) is 0 Å². The molecule has 0 radical (unpaired) electrons. The van der Waals surface area contributed by atoms with Crippen LogP contribution in [0.5, 0.6) is 0 Å². The zero-order valence-corrected chi connectivity index (χ0v) is 7.60. The molecule has 0 aromatic carbocycles. The number of nitrogens with zero attached hydrogens (tertiary/aromatic N) is 3. The monoisotopic (exact) mass is 169 g/mol. The Morgan fingerprint density at radius 3 is 2.92 bits per heavy atom. The van der Waals surface area contributed by atoms with Crippen molar-refractivity contribution in [3.05, 3.63) is 10.4 Å². The van der Waals surface area contributed by atoms with Gasteiger partial charge in [-0.15, -0.1) is 0 Å². The van der Waals surface area contributed by atoms with E-state index in [1.165, 1.54) is 0 Å². The third-order valence-corrected chi connectivity index (χ3v) is 2.49. The van der Waals surface area contributed by atoms with Gasteiger partial charge in [-0.2, -0.15) is 0 Å². The number of hydrogen-bond donors (Lipinski definition) is 0. The molecule has 4 heteroatoms. The summed E-state index contributed by atoms with van der Waals surface area (Å²) in [6, 6.07) is 0.133. The van der Waals surface area contributed by atoms with E-state index in [-0.39, 0.29) is 6.04 Å². The highest BCUT2D eigenvalue weighted by Crippen LogP contribution is 2.25. The maximum atomic E-state index is 8.37. The van der Waals surface area contributed by atoms with Gasteiger partial charge in [0, 0.05) is 24.2 Å². The zero-order valence-electron chi connectivity index (χ0n) is 7.60. The molecular weight excluding hydrogens is 154 g/mol. The number of ether oxygens (including phenoxy) is 1. The Bertz CT molecular complexity index is 189. The minimum atomic E-state index is 0.133. The fourth-order valence-electron chi connectivity index (χ4n) is 1.69. The van der Waals surface area contributed by atoms with Crippen molar-refractivity contribution in [3.8, 4) is 0 Å². The molecule has 1 aliphatic rings. The van der Waals surface area contributed by atoms with Crippen LogP contribution in [0.3, 0.4) is 0 Å². The SMILES string of the molecule is CCC1COCC(C)C1N=[N+]=[N-]. The van der Waals surface area contributed by atoms with Crippen molar-refractivity contribution in [3.63, 3.8) is 0 Å². The molecule has 0 saturated carbocycles. The molecule has 1 saturated heterocycles. The van der Waals surface area contributed by atoms with Crippen molar-refractivity contribution in [2.45, 2.75) is 26.3 Å². The van der Waals surface area contributed by atoms with Gasteiger partial charge in [0.2, 0.25) is 0 Å². The van der Waals surface area contributed by atoms with E-state index in [1.54, 1.807) is 0 Å². The third-order valence-electron chi connectivity index (χ3n) is 2.49. The Kier molecular flexibility index (Phi) is 3.38. The lowest BCUT2D eigenvalue weighted by atomic mass is 9.87. The molecule has 1 fully saturated rings. The molecule has 3 atom stereocenters. The molecule has 0 bridgehead atoms. The van der Waals surface area contributed by atoms with Gasteiger partial charge in [-0.25, -0.2) is 0 Å². The summed E-state index contributed by atoms with van der Waals surface area (Å²) < 4.78 is 5.38. The second-order valence-electron chi connectivity index (χ2n) is 3.38. The van der Waals surface area contributed by atoms with Gasteiger partial charge >= 0.3 is 0 Å². The van der Waals surface area contributed by atoms with Gasteiger partial charge in [0.1, 0.15) is 0 Å². The van der Waals surface area contributed by atoms with E-state index in [0.717, 1.165) is 19.6 Å². The van der Waals surface area contributed by atoms with Gasteiger partial charge in [0.25, 0.3) is 0 Å². The maximum Gasteiger partial charge on any atom is 0.0498 e. The summed E-state index contributed by atoms with van der Waals surface area (Å²) >= 11 is 0. The van der Waals surface area contributed by atoms with Crippen molar-refractivity contribution < 1.29 is 4.74 Å². The topological polar surface area (TPSA) is 58.0 Å². The van der Waals surface area contributed by atoms with Crippen LogP contribution in [0.15, 0.2) is 5.11 Å². The largest absolute Gasteiger partial charge is 0.381 e. The maximum absolute atomic E-state index is 8.37. The van der Waals surface area contributed by atoms with Crippen LogP contribution in [0.4, 0.5) is 0 Å². The molecule has 12 heavy (non-hydrogen) atoms. The quantitative estimate of drug-likeness (QED) is 0.355. The van der Waals surface area contributed by atoms with Gasteiger partial charge in [0.15, 0.2) is 0 Å². The summed E-state index contributed by atoms with van der Waals surface area (Å²) in [7, 11) is 0. The summed E-state index contributed by atoms with van der Waals surface area (Å²) in [6.45, 7) is 5.64. The van der Waals surface area contributed by atoms with Crippen molar-refractivity contribution in [2.24, 2.45) is 17.0 Å². The highest BCUT2D eigenvalue weighted by molar-refractivity contribution is 4.83. The molecular formula is C8H15N3O. The van der Waals surface area contributed by atoms with Gasteiger partial charge in [-0.3, -0.25) is 0 Å². The first-order chi connectivity index (χ1) is 5.79. The first-order valence-corrected chi connectivity index (χ1v) is 4.41. The van der Waals surface area contributed by atoms with Crippen LogP contribution in [-0.2, 0) is 4.74 Å². The lowest BCUT2D eigenvalue weighted by molar-refractivity contribution is 0.00548. The first-order valence-electron chi connectivity index (χ1n) is 4.41. The van der Waals surface area contributed by atoms with Crippen LogP contribution in [0.25, 0.3) is 10.4 Å². The summed E-state index contributed by atoms with van der Waals surface area (Å²) in [4.78, 5) is 2.88. The standard InChI is InChI=1S/C8H15N3O/c1-3-7-5-12-4-6(2)8(7)10-11-9/h6-8H,3-5H2,1-2H3. The molecule has 3 unspecified atom stereocenters. The van der Waals surface area contributed by atoms with Crippen LogP contribution >= 0.6 is 0 Å². The van der Waals surface area contributed by atoms with E-state index in [0.29, 0.717) is 11.8 Å². The highest BCUT2D eigenvalue weighted by atomic mass is 16.5. The van der Waals surface area contributed by atoms with E-state index in [9.17, 15) is 0 Å². The average molecular weight is 169 g/mol. The Morgan fingerprint density at radius 2 is 2.33 bits per heavy atom. The van der Waals surface area contributed by atoms with Crippen LogP contribution in [0.1, 0.15) is 20.3 Å². The predicted molar refractivity (Wildman–Crippen MR) is 46.7 cm³/mol. The molecule has 0 N–H and O–H groups in total. The predicted octanol–water partition coefficient (Wildman–Crippen LogP) is 2.36. The van der Waals surface area contributed by atoms with E-state index in [4.69, 9.17) is 10.3 Å². The second kappa shape index (κ2) is 4.33. The fraction of sp³-hybridized carbons (Fsp3) is 1.00. The van der Waals surface area contributed by atoms with E-state index < -0.39 is 0 Å². The molecule has 0 aliphatic carbocycles. The smallest absolute Gasteiger partial charge is 0.0498 e. The molecule has 0 aromatic rings. The van der Waals surface area contributed by atoms with Crippen molar-refractivity contribution >= 4 is 0 Å². The highest BCUT2D eigenvalue weighted by Gasteiger charge is 2.29. The van der Waals surface area contributed by atoms with E-state index >= 15 is 0 Å². The summed E-state index contributed by atoms with van der Waals surface area (Å²) in [5.41, 5.74) is 8.37. The Balaban J connectivity index is 2.65. The minimum absolute atomic E-state index is 0.133. The summed E-state index contributed by atoms with van der Waals surface area (Å²) in [6.07, 6.45) is 1.02. The molecule has 4 nitrogen and oxygen atoms in total. The van der Waals surface area contributed by atoms with Crippen LogP contribution in [-0.4, -0.2) is 19.3 Å². The lowest BCUT2D eigenvalue weighted by Crippen LogP contribution is -2.36. The lowest BCUT2D eigenvalue weighted by Gasteiger charge is -2.32. The van der Waals surface area contributed by atoms with Gasteiger partial charge in [-0.05, 0) is 17.4 Å². The number of azide groups is 1. The van der Waals surface area contributed by atoms with E-state index in [2.05, 4.69) is 23.9 Å². The van der Waals surface area contributed by atoms with E-state index in [1.807, 2.05) is 0 Å². The second-order valence-corrected chi connectivity index (χ2v) is 3.38. The average Bonchev–Trinajstić information content (AvgIpc) is 2.09. The molecule has 0 spiro atoms. The Labute approximate surface area is 72.5 Å². The van der Waals surface area contributed by atoms with Crippen LogP contribution in [0.2, 0.25) is 0 Å². The van der Waals surface area contributed by atoms with Crippen molar-refractivity contribution in [1.29, 1.82) is 0 Å². The zero-order chi connectivity index (χ0) is 8.97. The van der Waals surface area contributed by atoms with Crippen molar-refractivity contribution in [1.82, 2.24) is 0 Å². The Morgan fingerprint density at radius 1 is 1.58 bits per heavy atom. The van der Waals surface area contributed by atoms with Crippen molar-refractivity contribution in [2.75, 3.05) is 13.2 Å². The van der Waals surface area contributed by atoms with Crippen LogP contribution in [0, 0.1) is 11.8 Å². The normalized spacial score (nSPS) is 35.7. The number of rotatable bonds is 2. The molecule has 1 heterocycles. The number of hydrogen-bond acceptors (Lipinski definition) is 2. The van der Waals surface area contributed by atoms with Crippen LogP contribution < -0.4 is 0 Å². The Hall–Kier alpha value is -0.730. The van der Waals surface area contributed by atoms with Gasteiger partial charge in [-0.1, -0.05) is 25.4 Å². The minimum Gasteiger partial charge on any atom is -0.381 e. The molecule has 68 valence electrons. The summed E-state index contributed by atoms with van der Waals surface area (Å²) in [5, 5.41) is 3.82. The molecule has 1 rings (SSSR count). The first kappa shape index (κ1) is 9.36. The third kappa shape index (κ3) is 1.90. The summed E-state index contributed by atoms with van der Waals surface area (Å²) in [5.74, 6) is 0.768.